The van der Waals surface area contributed by atoms with Crippen molar-refractivity contribution in [1.29, 1.82) is 0 Å². The summed E-state index contributed by atoms with van der Waals surface area (Å²) in [5.74, 6) is -1.50. The lowest BCUT2D eigenvalue weighted by atomic mass is 9.90. The fourth-order valence-corrected chi connectivity index (χ4v) is 2.48. The van der Waals surface area contributed by atoms with E-state index in [1.54, 1.807) is 6.92 Å². The zero-order valence-corrected chi connectivity index (χ0v) is 14.3. The third-order valence-corrected chi connectivity index (χ3v) is 3.82. The third kappa shape index (κ3) is 4.47. The molecule has 0 heterocycles. The predicted octanol–water partition coefficient (Wildman–Crippen LogP) is 4.50. The van der Waals surface area contributed by atoms with E-state index in [1.165, 1.54) is 6.07 Å². The average molecular weight is 327 g/mol. The molecule has 0 bridgehead atoms. The Balaban J connectivity index is 3.34. The van der Waals surface area contributed by atoms with Crippen molar-refractivity contribution in [1.82, 2.24) is 0 Å². The van der Waals surface area contributed by atoms with E-state index in [4.69, 9.17) is 16.3 Å². The Morgan fingerprint density at radius 1 is 1.36 bits per heavy atom. The minimum Gasteiger partial charge on any atom is -0.478 e. The largest absolute Gasteiger partial charge is 0.478 e. The second-order valence-electron chi connectivity index (χ2n) is 5.78. The Kier molecular flexibility index (Phi) is 6.88. The summed E-state index contributed by atoms with van der Waals surface area (Å²) in [4.78, 5) is 23.9. The minimum atomic E-state index is -1.13. The smallest absolute Gasteiger partial charge is 0.339 e. The zero-order chi connectivity index (χ0) is 16.9. The summed E-state index contributed by atoms with van der Waals surface area (Å²) in [5.41, 5.74) is 1.36. The number of hydrogen-bond donors (Lipinski definition) is 1. The molecule has 0 unspecified atom stereocenters. The van der Waals surface area contributed by atoms with Gasteiger partial charge < -0.3 is 9.84 Å². The van der Waals surface area contributed by atoms with Crippen molar-refractivity contribution in [3.05, 3.63) is 33.3 Å². The maximum atomic E-state index is 12.2. The van der Waals surface area contributed by atoms with Gasteiger partial charge in [0.1, 0.15) is 0 Å². The van der Waals surface area contributed by atoms with Crippen LogP contribution < -0.4 is 0 Å². The van der Waals surface area contributed by atoms with Crippen LogP contribution in [0.15, 0.2) is 6.07 Å². The molecular formula is C17H23ClO4. The Hall–Kier alpha value is -1.55. The van der Waals surface area contributed by atoms with E-state index < -0.39 is 11.9 Å². The number of ether oxygens (including phenoxy) is 1. The van der Waals surface area contributed by atoms with Gasteiger partial charge in [0.25, 0.3) is 0 Å². The Bertz CT molecular complexity index is 564. The monoisotopic (exact) mass is 326 g/mol. The van der Waals surface area contributed by atoms with Crippen LogP contribution in [0.5, 0.6) is 0 Å². The highest BCUT2D eigenvalue weighted by Crippen LogP contribution is 2.29. The normalized spacial score (nSPS) is 10.8. The molecule has 0 atom stereocenters. The van der Waals surface area contributed by atoms with Gasteiger partial charge >= 0.3 is 11.9 Å². The van der Waals surface area contributed by atoms with Gasteiger partial charge in [-0.2, -0.15) is 0 Å². The zero-order valence-electron chi connectivity index (χ0n) is 13.5. The number of carbonyl (C=O) groups excluding carboxylic acids is 1. The molecule has 22 heavy (non-hydrogen) atoms. The molecule has 122 valence electrons. The number of benzene rings is 1. The van der Waals surface area contributed by atoms with Crippen molar-refractivity contribution in [2.45, 2.75) is 47.0 Å². The molecule has 0 aliphatic heterocycles. The predicted molar refractivity (Wildman–Crippen MR) is 86.9 cm³/mol. The highest BCUT2D eigenvalue weighted by molar-refractivity contribution is 6.32. The molecule has 1 aromatic rings. The molecule has 0 amide bonds. The summed E-state index contributed by atoms with van der Waals surface area (Å²) in [6, 6.07) is 1.40. The summed E-state index contributed by atoms with van der Waals surface area (Å²) < 4.78 is 5.15. The molecule has 1 aromatic carbocycles. The standard InChI is InChI=1S/C17H23ClO4/c1-5-6-7-22-17(21)13-9-14(18)11(4)12(8-10(2)3)15(13)16(19)20/h9-10H,5-8H2,1-4H3,(H,19,20). The van der Waals surface area contributed by atoms with Gasteiger partial charge in [0.2, 0.25) is 0 Å². The molecule has 0 aliphatic carbocycles. The summed E-state index contributed by atoms with van der Waals surface area (Å²) in [7, 11) is 0. The Morgan fingerprint density at radius 2 is 2.00 bits per heavy atom. The van der Waals surface area contributed by atoms with Crippen LogP contribution in [0, 0.1) is 12.8 Å². The van der Waals surface area contributed by atoms with Gasteiger partial charge in [0.15, 0.2) is 0 Å². The fourth-order valence-electron chi connectivity index (χ4n) is 2.26. The molecule has 0 aliphatic rings. The molecule has 1 rings (SSSR count). The molecule has 0 aromatic heterocycles. The van der Waals surface area contributed by atoms with Gasteiger partial charge in [-0.25, -0.2) is 9.59 Å². The second-order valence-corrected chi connectivity index (χ2v) is 6.18. The maximum absolute atomic E-state index is 12.2. The number of unbranched alkanes of at least 4 members (excludes halogenated alkanes) is 1. The first-order valence-corrected chi connectivity index (χ1v) is 7.89. The topological polar surface area (TPSA) is 63.6 Å². The van der Waals surface area contributed by atoms with Crippen LogP contribution in [0.25, 0.3) is 0 Å². The van der Waals surface area contributed by atoms with E-state index in [-0.39, 0.29) is 23.7 Å². The van der Waals surface area contributed by atoms with Gasteiger partial charge in [-0.05, 0) is 42.9 Å². The van der Waals surface area contributed by atoms with E-state index in [1.807, 2.05) is 20.8 Å². The number of halogens is 1. The van der Waals surface area contributed by atoms with Crippen molar-refractivity contribution in [2.75, 3.05) is 6.61 Å². The first-order valence-electron chi connectivity index (χ1n) is 7.51. The molecule has 1 N–H and O–H groups in total. The van der Waals surface area contributed by atoms with E-state index in [2.05, 4.69) is 0 Å². The third-order valence-electron chi connectivity index (χ3n) is 3.43. The van der Waals surface area contributed by atoms with Gasteiger partial charge in [0.05, 0.1) is 17.7 Å². The number of carboxylic acids is 1. The lowest BCUT2D eigenvalue weighted by Gasteiger charge is -2.17. The molecule has 0 saturated carbocycles. The summed E-state index contributed by atoms with van der Waals surface area (Å²) in [5, 5.41) is 9.94. The van der Waals surface area contributed by atoms with Crippen LogP contribution in [0.3, 0.4) is 0 Å². The van der Waals surface area contributed by atoms with Gasteiger partial charge in [-0.3, -0.25) is 0 Å². The van der Waals surface area contributed by atoms with Crippen molar-refractivity contribution in [3.8, 4) is 0 Å². The van der Waals surface area contributed by atoms with Gasteiger partial charge in [-0.1, -0.05) is 38.8 Å². The van der Waals surface area contributed by atoms with E-state index in [0.717, 1.165) is 12.8 Å². The number of aromatic carboxylic acids is 1. The number of rotatable bonds is 7. The van der Waals surface area contributed by atoms with Crippen molar-refractivity contribution < 1.29 is 19.4 Å². The number of carbonyl (C=O) groups is 2. The molecule has 0 fully saturated rings. The lowest BCUT2D eigenvalue weighted by Crippen LogP contribution is -2.17. The first-order chi connectivity index (χ1) is 10.3. The van der Waals surface area contributed by atoms with Crippen LogP contribution in [0.2, 0.25) is 5.02 Å². The highest BCUT2D eigenvalue weighted by Gasteiger charge is 2.25. The quantitative estimate of drug-likeness (QED) is 0.591. The number of carboxylic acid groups (broad SMARTS) is 1. The lowest BCUT2D eigenvalue weighted by molar-refractivity contribution is 0.0489. The molecule has 5 heteroatoms. The average Bonchev–Trinajstić information content (AvgIpc) is 2.42. The van der Waals surface area contributed by atoms with Crippen LogP contribution in [0.1, 0.15) is 65.5 Å². The van der Waals surface area contributed by atoms with E-state index in [9.17, 15) is 14.7 Å². The maximum Gasteiger partial charge on any atom is 0.339 e. The SMILES string of the molecule is CCCCOC(=O)c1cc(Cl)c(C)c(CC(C)C)c1C(=O)O. The van der Waals surface area contributed by atoms with Crippen molar-refractivity contribution >= 4 is 23.5 Å². The molecule has 0 radical (unpaired) electrons. The Morgan fingerprint density at radius 3 is 2.50 bits per heavy atom. The van der Waals surface area contributed by atoms with Gasteiger partial charge in [0, 0.05) is 5.02 Å². The number of esters is 1. The van der Waals surface area contributed by atoms with Crippen LogP contribution in [0.4, 0.5) is 0 Å². The molecular weight excluding hydrogens is 304 g/mol. The summed E-state index contributed by atoms with van der Waals surface area (Å²) >= 11 is 6.18. The fraction of sp³-hybridized carbons (Fsp3) is 0.529. The van der Waals surface area contributed by atoms with Crippen LogP contribution in [-0.2, 0) is 11.2 Å². The van der Waals surface area contributed by atoms with Crippen molar-refractivity contribution in [3.63, 3.8) is 0 Å². The first kappa shape index (κ1) is 18.5. The van der Waals surface area contributed by atoms with Crippen LogP contribution in [-0.4, -0.2) is 23.7 Å². The Labute approximate surface area is 136 Å². The van der Waals surface area contributed by atoms with Crippen molar-refractivity contribution in [2.24, 2.45) is 5.92 Å². The summed E-state index contributed by atoms with van der Waals surface area (Å²) in [6.07, 6.45) is 2.18. The highest BCUT2D eigenvalue weighted by atomic mass is 35.5. The van der Waals surface area contributed by atoms with Crippen LogP contribution >= 0.6 is 11.6 Å². The summed E-state index contributed by atoms with van der Waals surface area (Å²) in [6.45, 7) is 8.02. The number of hydrogen-bond acceptors (Lipinski definition) is 3. The second kappa shape index (κ2) is 8.18. The van der Waals surface area contributed by atoms with Gasteiger partial charge in [-0.15, -0.1) is 0 Å². The molecule has 0 spiro atoms. The van der Waals surface area contributed by atoms with E-state index >= 15 is 0 Å². The minimum absolute atomic E-state index is 0.0112. The molecule has 0 saturated heterocycles. The van der Waals surface area contributed by atoms with E-state index in [0.29, 0.717) is 22.6 Å². The molecule has 4 nitrogen and oxygen atoms in total.